The summed E-state index contributed by atoms with van der Waals surface area (Å²) in [4.78, 5) is 37.9. The Labute approximate surface area is 155 Å². The van der Waals surface area contributed by atoms with Crippen LogP contribution in [-0.2, 0) is 16.1 Å². The SMILES string of the molecule is CC(C)(C)[Si](C)(C)Oc1ccc2c(c1)C(=O)N(C1CCC(=O)NC1=O)C2. The van der Waals surface area contributed by atoms with Crippen LogP contribution < -0.4 is 9.74 Å². The lowest BCUT2D eigenvalue weighted by Crippen LogP contribution is -2.52. The molecule has 0 aliphatic carbocycles. The maximum absolute atomic E-state index is 12.9. The van der Waals surface area contributed by atoms with Gasteiger partial charge in [-0.2, -0.15) is 0 Å². The van der Waals surface area contributed by atoms with Crippen molar-refractivity contribution in [3.63, 3.8) is 0 Å². The van der Waals surface area contributed by atoms with Gasteiger partial charge in [0.25, 0.3) is 5.91 Å². The molecule has 6 nitrogen and oxygen atoms in total. The summed E-state index contributed by atoms with van der Waals surface area (Å²) in [5.41, 5.74) is 1.48. The maximum Gasteiger partial charge on any atom is 0.255 e. The molecule has 1 N–H and O–H groups in total. The number of piperidine rings is 1. The summed E-state index contributed by atoms with van der Waals surface area (Å²) in [6.45, 7) is 11.2. The van der Waals surface area contributed by atoms with E-state index >= 15 is 0 Å². The molecule has 0 spiro atoms. The quantitative estimate of drug-likeness (QED) is 0.652. The van der Waals surface area contributed by atoms with Gasteiger partial charge in [0.2, 0.25) is 20.1 Å². The zero-order chi connectivity index (χ0) is 19.3. The van der Waals surface area contributed by atoms with Crippen LogP contribution in [0.25, 0.3) is 0 Å². The van der Waals surface area contributed by atoms with Crippen molar-refractivity contribution in [1.82, 2.24) is 10.2 Å². The summed E-state index contributed by atoms with van der Waals surface area (Å²) in [7, 11) is -1.99. The smallest absolute Gasteiger partial charge is 0.255 e. The number of fused-ring (bicyclic) bond motifs is 1. The molecule has 1 aromatic rings. The molecule has 2 heterocycles. The fourth-order valence-corrected chi connectivity index (χ4v) is 4.07. The van der Waals surface area contributed by atoms with Crippen LogP contribution in [0, 0.1) is 0 Å². The second-order valence-corrected chi connectivity index (χ2v) is 13.3. The first-order valence-corrected chi connectivity index (χ1v) is 11.9. The van der Waals surface area contributed by atoms with Crippen molar-refractivity contribution < 1.29 is 18.8 Å². The van der Waals surface area contributed by atoms with Crippen LogP contribution in [0.15, 0.2) is 18.2 Å². The molecule has 2 aliphatic rings. The molecule has 1 aromatic carbocycles. The van der Waals surface area contributed by atoms with Crippen molar-refractivity contribution >= 4 is 26.0 Å². The fraction of sp³-hybridized carbons (Fsp3) is 0.526. The van der Waals surface area contributed by atoms with Crippen molar-refractivity contribution in [2.45, 2.75) is 64.3 Å². The minimum absolute atomic E-state index is 0.0643. The van der Waals surface area contributed by atoms with Crippen LogP contribution in [-0.4, -0.2) is 37.0 Å². The molecule has 0 bridgehead atoms. The van der Waals surface area contributed by atoms with Gasteiger partial charge in [0, 0.05) is 18.5 Å². The molecule has 0 saturated carbocycles. The van der Waals surface area contributed by atoms with E-state index in [2.05, 4.69) is 39.2 Å². The number of benzene rings is 1. The maximum atomic E-state index is 12.9. The Morgan fingerprint density at radius 3 is 2.50 bits per heavy atom. The predicted octanol–water partition coefficient (Wildman–Crippen LogP) is 2.83. The van der Waals surface area contributed by atoms with E-state index in [0.717, 1.165) is 5.56 Å². The van der Waals surface area contributed by atoms with E-state index in [-0.39, 0.29) is 29.2 Å². The van der Waals surface area contributed by atoms with Crippen LogP contribution in [0.1, 0.15) is 49.5 Å². The Kier molecular flexibility index (Phi) is 4.46. The number of carbonyl (C=O) groups is 3. The third kappa shape index (κ3) is 3.27. The summed E-state index contributed by atoms with van der Waals surface area (Å²) in [5, 5.41) is 2.39. The topological polar surface area (TPSA) is 75.7 Å². The first kappa shape index (κ1) is 18.6. The third-order valence-corrected chi connectivity index (χ3v) is 10.0. The number of hydrogen-bond donors (Lipinski definition) is 1. The second kappa shape index (κ2) is 6.23. The molecule has 7 heteroatoms. The number of hydrogen-bond acceptors (Lipinski definition) is 4. The van der Waals surface area contributed by atoms with E-state index in [1.54, 1.807) is 11.0 Å². The highest BCUT2D eigenvalue weighted by molar-refractivity contribution is 6.74. The average Bonchev–Trinajstić information content (AvgIpc) is 2.83. The van der Waals surface area contributed by atoms with Gasteiger partial charge in [-0.1, -0.05) is 26.8 Å². The zero-order valence-corrected chi connectivity index (χ0v) is 17.0. The zero-order valence-electron chi connectivity index (χ0n) is 16.0. The predicted molar refractivity (Wildman–Crippen MR) is 100 cm³/mol. The average molecular weight is 375 g/mol. The lowest BCUT2D eigenvalue weighted by molar-refractivity contribution is -0.136. The Bertz CT molecular complexity index is 782. The highest BCUT2D eigenvalue weighted by Crippen LogP contribution is 2.38. The van der Waals surface area contributed by atoms with Gasteiger partial charge in [-0.25, -0.2) is 0 Å². The molecular weight excluding hydrogens is 348 g/mol. The van der Waals surface area contributed by atoms with Crippen LogP contribution in [0.5, 0.6) is 5.75 Å². The van der Waals surface area contributed by atoms with Gasteiger partial charge in [-0.15, -0.1) is 0 Å². The fourth-order valence-electron chi connectivity index (χ4n) is 3.05. The van der Waals surface area contributed by atoms with Crippen LogP contribution in [0.3, 0.4) is 0 Å². The summed E-state index contributed by atoms with van der Waals surface area (Å²) in [6, 6.07) is 5.02. The molecular formula is C19H26N2O4Si. The molecule has 1 unspecified atom stereocenters. The van der Waals surface area contributed by atoms with E-state index in [1.807, 2.05) is 12.1 Å². The first-order valence-electron chi connectivity index (χ1n) is 8.96. The lowest BCUT2D eigenvalue weighted by Gasteiger charge is -2.36. The molecule has 2 aliphatic heterocycles. The second-order valence-electron chi connectivity index (χ2n) is 8.58. The van der Waals surface area contributed by atoms with E-state index < -0.39 is 14.4 Å². The van der Waals surface area contributed by atoms with Gasteiger partial charge in [0.1, 0.15) is 11.8 Å². The Balaban J connectivity index is 1.81. The Hall–Kier alpha value is -2.15. The van der Waals surface area contributed by atoms with Gasteiger partial charge in [-0.3, -0.25) is 19.7 Å². The standard InChI is InChI=1S/C19H26N2O4Si/c1-19(2,3)26(4,5)25-13-7-6-12-11-21(18(24)14(12)10-13)15-8-9-16(22)20-17(15)23/h6-7,10,15H,8-9,11H2,1-5H3,(H,20,22,23). The minimum Gasteiger partial charge on any atom is -0.543 e. The van der Waals surface area contributed by atoms with Gasteiger partial charge >= 0.3 is 0 Å². The molecule has 1 atom stereocenters. The number of carbonyl (C=O) groups excluding carboxylic acids is 3. The molecule has 140 valence electrons. The van der Waals surface area contributed by atoms with Crippen molar-refractivity contribution in [3.8, 4) is 5.75 Å². The summed E-state index contributed by atoms with van der Waals surface area (Å²) >= 11 is 0. The number of nitrogens with zero attached hydrogens (tertiary/aromatic N) is 1. The van der Waals surface area contributed by atoms with E-state index in [1.165, 1.54) is 0 Å². The normalized spacial score (nSPS) is 20.9. The third-order valence-electron chi connectivity index (χ3n) is 5.68. The lowest BCUT2D eigenvalue weighted by atomic mass is 10.0. The molecule has 0 aromatic heterocycles. The minimum atomic E-state index is -1.99. The van der Waals surface area contributed by atoms with Gasteiger partial charge < -0.3 is 9.33 Å². The first-order chi connectivity index (χ1) is 12.0. The van der Waals surface area contributed by atoms with Gasteiger partial charge in [-0.05, 0) is 42.2 Å². The monoisotopic (exact) mass is 374 g/mol. The molecule has 1 saturated heterocycles. The van der Waals surface area contributed by atoms with Crippen molar-refractivity contribution in [3.05, 3.63) is 29.3 Å². The van der Waals surface area contributed by atoms with Crippen LogP contribution in [0.2, 0.25) is 18.1 Å². The molecule has 1 fully saturated rings. The van der Waals surface area contributed by atoms with Gasteiger partial charge in [0.05, 0.1) is 0 Å². The van der Waals surface area contributed by atoms with Crippen LogP contribution in [0.4, 0.5) is 0 Å². The molecule has 26 heavy (non-hydrogen) atoms. The van der Waals surface area contributed by atoms with Crippen molar-refractivity contribution in [2.75, 3.05) is 0 Å². The number of imide groups is 1. The summed E-state index contributed by atoms with van der Waals surface area (Å²) < 4.78 is 6.30. The van der Waals surface area contributed by atoms with E-state index in [9.17, 15) is 14.4 Å². The molecule has 3 rings (SSSR count). The summed E-state index contributed by atoms with van der Waals surface area (Å²) in [5.74, 6) is -0.135. The van der Waals surface area contributed by atoms with E-state index in [4.69, 9.17) is 4.43 Å². The van der Waals surface area contributed by atoms with Gasteiger partial charge in [0.15, 0.2) is 0 Å². The summed E-state index contributed by atoms with van der Waals surface area (Å²) in [6.07, 6.45) is 0.633. The highest BCUT2D eigenvalue weighted by atomic mass is 28.4. The number of rotatable bonds is 3. The number of nitrogens with one attached hydrogen (secondary N) is 1. The Morgan fingerprint density at radius 2 is 1.88 bits per heavy atom. The highest BCUT2D eigenvalue weighted by Gasteiger charge is 2.41. The molecule has 3 amide bonds. The van der Waals surface area contributed by atoms with Crippen molar-refractivity contribution in [2.24, 2.45) is 0 Å². The Morgan fingerprint density at radius 1 is 1.19 bits per heavy atom. The van der Waals surface area contributed by atoms with Crippen molar-refractivity contribution in [1.29, 1.82) is 0 Å². The molecule has 0 radical (unpaired) electrons. The number of amides is 3. The van der Waals surface area contributed by atoms with Crippen LogP contribution >= 0.6 is 0 Å². The van der Waals surface area contributed by atoms with E-state index in [0.29, 0.717) is 24.3 Å². The largest absolute Gasteiger partial charge is 0.543 e.